The van der Waals surface area contributed by atoms with Gasteiger partial charge in [-0.1, -0.05) is 18.2 Å². The van der Waals surface area contributed by atoms with Crippen molar-refractivity contribution in [3.8, 4) is 0 Å². The Balaban J connectivity index is 1.63. The normalized spacial score (nSPS) is 16.5. The molecule has 1 aromatic heterocycles. The van der Waals surface area contributed by atoms with E-state index in [9.17, 15) is 4.79 Å². The lowest BCUT2D eigenvalue weighted by molar-refractivity contribution is -0.00563. The van der Waals surface area contributed by atoms with Crippen LogP contribution in [0.25, 0.3) is 10.9 Å². The minimum Gasteiger partial charge on any atom is -0.394 e. The maximum atomic E-state index is 12.5. The lowest BCUT2D eigenvalue weighted by Crippen LogP contribution is -2.41. The maximum Gasteiger partial charge on any atom is 0.270 e. The standard InChI is InChI=1S/C16H20N2O3/c19-9-10-21-13-5-7-18(8-6-13)16(20)15-11-12-3-1-2-4-14(12)17-15/h1-4,11,13,17,19H,5-10H2. The van der Waals surface area contributed by atoms with Crippen molar-refractivity contribution >= 4 is 16.8 Å². The van der Waals surface area contributed by atoms with E-state index in [0.29, 0.717) is 25.4 Å². The van der Waals surface area contributed by atoms with Gasteiger partial charge in [-0.15, -0.1) is 0 Å². The van der Waals surface area contributed by atoms with Crippen molar-refractivity contribution in [2.45, 2.75) is 18.9 Å². The summed E-state index contributed by atoms with van der Waals surface area (Å²) < 4.78 is 5.52. The number of para-hydroxylation sites is 1. The Hall–Kier alpha value is -1.85. The van der Waals surface area contributed by atoms with E-state index in [1.54, 1.807) is 0 Å². The summed E-state index contributed by atoms with van der Waals surface area (Å²) in [5, 5.41) is 9.82. The van der Waals surface area contributed by atoms with Gasteiger partial charge in [0.05, 0.1) is 19.3 Å². The number of hydrogen-bond acceptors (Lipinski definition) is 3. The minimum atomic E-state index is 0.0480. The molecular weight excluding hydrogens is 268 g/mol. The summed E-state index contributed by atoms with van der Waals surface area (Å²) in [5.74, 6) is 0.0480. The van der Waals surface area contributed by atoms with Crippen LogP contribution in [0.15, 0.2) is 30.3 Å². The number of aromatic amines is 1. The second kappa shape index (κ2) is 6.28. The smallest absolute Gasteiger partial charge is 0.270 e. The summed E-state index contributed by atoms with van der Waals surface area (Å²) in [6.07, 6.45) is 1.81. The Morgan fingerprint density at radius 1 is 1.33 bits per heavy atom. The number of aliphatic hydroxyl groups excluding tert-OH is 1. The number of rotatable bonds is 4. The third kappa shape index (κ3) is 3.09. The molecule has 1 saturated heterocycles. The number of aromatic nitrogens is 1. The molecule has 1 aliphatic rings. The molecule has 0 radical (unpaired) electrons. The van der Waals surface area contributed by atoms with Crippen LogP contribution in [0.2, 0.25) is 0 Å². The quantitative estimate of drug-likeness (QED) is 0.901. The Morgan fingerprint density at radius 3 is 2.81 bits per heavy atom. The average Bonchev–Trinajstić information content (AvgIpc) is 2.96. The summed E-state index contributed by atoms with van der Waals surface area (Å²) >= 11 is 0. The second-order valence-corrected chi connectivity index (χ2v) is 5.36. The molecule has 0 bridgehead atoms. The van der Waals surface area contributed by atoms with Gasteiger partial charge in [-0.3, -0.25) is 4.79 Å². The molecule has 5 nitrogen and oxygen atoms in total. The Kier molecular flexibility index (Phi) is 4.22. The highest BCUT2D eigenvalue weighted by molar-refractivity contribution is 5.98. The van der Waals surface area contributed by atoms with Crippen molar-refractivity contribution in [3.05, 3.63) is 36.0 Å². The topological polar surface area (TPSA) is 65.6 Å². The van der Waals surface area contributed by atoms with Gasteiger partial charge in [-0.25, -0.2) is 0 Å². The van der Waals surface area contributed by atoms with Crippen LogP contribution in [-0.4, -0.2) is 53.3 Å². The zero-order valence-electron chi connectivity index (χ0n) is 11.9. The van der Waals surface area contributed by atoms with E-state index < -0.39 is 0 Å². The number of amides is 1. The Bertz CT molecular complexity index is 582. The third-order valence-electron chi connectivity index (χ3n) is 3.93. The number of carbonyl (C=O) groups is 1. The lowest BCUT2D eigenvalue weighted by atomic mass is 10.1. The van der Waals surface area contributed by atoms with Crippen molar-refractivity contribution in [2.75, 3.05) is 26.3 Å². The first kappa shape index (κ1) is 14.1. The van der Waals surface area contributed by atoms with E-state index in [-0.39, 0.29) is 18.6 Å². The fourth-order valence-corrected chi connectivity index (χ4v) is 2.80. The molecule has 0 saturated carbocycles. The fourth-order valence-electron chi connectivity index (χ4n) is 2.80. The van der Waals surface area contributed by atoms with E-state index in [4.69, 9.17) is 9.84 Å². The van der Waals surface area contributed by atoms with Crippen LogP contribution in [0.3, 0.4) is 0 Å². The zero-order valence-corrected chi connectivity index (χ0v) is 11.9. The van der Waals surface area contributed by atoms with Gasteiger partial charge in [0.1, 0.15) is 5.69 Å². The molecule has 2 heterocycles. The van der Waals surface area contributed by atoms with Gasteiger partial charge in [0.2, 0.25) is 0 Å². The number of hydrogen-bond donors (Lipinski definition) is 2. The number of benzene rings is 1. The van der Waals surface area contributed by atoms with E-state index in [2.05, 4.69) is 4.98 Å². The predicted molar refractivity (Wildman–Crippen MR) is 80.3 cm³/mol. The highest BCUT2D eigenvalue weighted by atomic mass is 16.5. The minimum absolute atomic E-state index is 0.0480. The molecule has 0 spiro atoms. The van der Waals surface area contributed by atoms with Crippen LogP contribution in [0.1, 0.15) is 23.3 Å². The molecule has 1 amide bonds. The van der Waals surface area contributed by atoms with Gasteiger partial charge >= 0.3 is 0 Å². The number of nitrogens with zero attached hydrogens (tertiary/aromatic N) is 1. The first-order chi connectivity index (χ1) is 10.3. The Morgan fingerprint density at radius 2 is 2.10 bits per heavy atom. The molecule has 0 atom stereocenters. The molecule has 1 aromatic carbocycles. The molecule has 2 N–H and O–H groups in total. The third-order valence-corrected chi connectivity index (χ3v) is 3.93. The first-order valence-corrected chi connectivity index (χ1v) is 7.37. The largest absolute Gasteiger partial charge is 0.394 e. The van der Waals surface area contributed by atoms with Crippen LogP contribution >= 0.6 is 0 Å². The summed E-state index contributed by atoms with van der Waals surface area (Å²) in [7, 11) is 0. The van der Waals surface area contributed by atoms with Gasteiger partial charge in [-0.2, -0.15) is 0 Å². The molecular formula is C16H20N2O3. The van der Waals surface area contributed by atoms with Crippen molar-refractivity contribution < 1.29 is 14.6 Å². The van der Waals surface area contributed by atoms with E-state index in [1.807, 2.05) is 35.2 Å². The van der Waals surface area contributed by atoms with Crippen molar-refractivity contribution in [3.63, 3.8) is 0 Å². The summed E-state index contributed by atoms with van der Waals surface area (Å²) in [6.45, 7) is 1.82. The fraction of sp³-hybridized carbons (Fsp3) is 0.438. The van der Waals surface area contributed by atoms with E-state index in [0.717, 1.165) is 23.7 Å². The molecule has 2 aromatic rings. The lowest BCUT2D eigenvalue weighted by Gasteiger charge is -2.31. The number of nitrogens with one attached hydrogen (secondary N) is 1. The molecule has 21 heavy (non-hydrogen) atoms. The van der Waals surface area contributed by atoms with Crippen LogP contribution in [-0.2, 0) is 4.74 Å². The molecule has 1 aliphatic heterocycles. The SMILES string of the molecule is O=C(c1cc2ccccc2[nH]1)N1CCC(OCCO)CC1. The number of likely N-dealkylation sites (tertiary alicyclic amines) is 1. The summed E-state index contributed by atoms with van der Waals surface area (Å²) in [4.78, 5) is 17.6. The van der Waals surface area contributed by atoms with Crippen LogP contribution < -0.4 is 0 Å². The highest BCUT2D eigenvalue weighted by Crippen LogP contribution is 2.19. The van der Waals surface area contributed by atoms with Crippen molar-refractivity contribution in [1.29, 1.82) is 0 Å². The van der Waals surface area contributed by atoms with Crippen LogP contribution in [0.5, 0.6) is 0 Å². The number of fused-ring (bicyclic) bond motifs is 1. The molecule has 5 heteroatoms. The molecule has 0 unspecified atom stereocenters. The number of piperidine rings is 1. The van der Waals surface area contributed by atoms with E-state index >= 15 is 0 Å². The number of aliphatic hydroxyl groups is 1. The second-order valence-electron chi connectivity index (χ2n) is 5.36. The maximum absolute atomic E-state index is 12.5. The molecule has 112 valence electrons. The van der Waals surface area contributed by atoms with Crippen molar-refractivity contribution in [2.24, 2.45) is 0 Å². The van der Waals surface area contributed by atoms with Gasteiger partial charge in [-0.05, 0) is 25.0 Å². The first-order valence-electron chi connectivity index (χ1n) is 7.37. The number of H-pyrrole nitrogens is 1. The average molecular weight is 288 g/mol. The molecule has 3 rings (SSSR count). The van der Waals surface area contributed by atoms with Gasteiger partial charge in [0, 0.05) is 24.0 Å². The predicted octanol–water partition coefficient (Wildman–Crippen LogP) is 1.78. The Labute approximate surface area is 123 Å². The van der Waals surface area contributed by atoms with Crippen LogP contribution in [0, 0.1) is 0 Å². The highest BCUT2D eigenvalue weighted by Gasteiger charge is 2.24. The van der Waals surface area contributed by atoms with E-state index in [1.165, 1.54) is 0 Å². The summed E-state index contributed by atoms with van der Waals surface area (Å²) in [5.41, 5.74) is 1.63. The zero-order chi connectivity index (χ0) is 14.7. The molecule has 1 fully saturated rings. The number of ether oxygens (including phenoxy) is 1. The monoisotopic (exact) mass is 288 g/mol. The number of carbonyl (C=O) groups excluding carboxylic acids is 1. The van der Waals surface area contributed by atoms with Crippen LogP contribution in [0.4, 0.5) is 0 Å². The molecule has 0 aliphatic carbocycles. The van der Waals surface area contributed by atoms with Crippen molar-refractivity contribution in [1.82, 2.24) is 9.88 Å². The van der Waals surface area contributed by atoms with Gasteiger partial charge < -0.3 is 19.7 Å². The summed E-state index contributed by atoms with van der Waals surface area (Å²) in [6, 6.07) is 9.80. The van der Waals surface area contributed by atoms with Gasteiger partial charge in [0.25, 0.3) is 5.91 Å². The van der Waals surface area contributed by atoms with Gasteiger partial charge in [0.15, 0.2) is 0 Å².